The van der Waals surface area contributed by atoms with Gasteiger partial charge in [-0.05, 0) is 13.3 Å². The molecule has 0 heterocycles. The van der Waals surface area contributed by atoms with E-state index in [1.165, 1.54) is 5.57 Å². The van der Waals surface area contributed by atoms with Crippen LogP contribution in [0.4, 0.5) is 0 Å². The largest absolute Gasteiger partial charge is 0.392 e. The predicted molar refractivity (Wildman–Crippen MR) is 51.8 cm³/mol. The Balaban J connectivity index is 2.77. The molecule has 0 aliphatic heterocycles. The number of rotatable bonds is 0. The summed E-state index contributed by atoms with van der Waals surface area (Å²) in [6.45, 7) is 6.25. The maximum absolute atomic E-state index is 9.77. The first-order valence-corrected chi connectivity index (χ1v) is 4.63. The first kappa shape index (κ1) is 9.53. The summed E-state index contributed by atoms with van der Waals surface area (Å²) in [5.74, 6) is 0.564. The smallest absolute Gasteiger partial charge is 0.0660 e. The van der Waals surface area contributed by atoms with Crippen molar-refractivity contribution in [2.75, 3.05) is 0 Å². The highest BCUT2D eigenvalue weighted by atomic mass is 16.3. The topological polar surface area (TPSA) is 20.2 Å². The summed E-state index contributed by atoms with van der Waals surface area (Å²) < 4.78 is 0. The van der Waals surface area contributed by atoms with Gasteiger partial charge in [0.05, 0.1) is 6.10 Å². The second-order valence-electron chi connectivity index (χ2n) is 3.85. The minimum absolute atomic E-state index is 0.225. The molecule has 0 aromatic rings. The fourth-order valence-corrected chi connectivity index (χ4v) is 1.68. The predicted octanol–water partition coefficient (Wildman–Crippen LogP) is 2.53. The third kappa shape index (κ3) is 2.21. The minimum atomic E-state index is -0.225. The molecular formula is C11H18O. The molecule has 3 unspecified atom stereocenters. The van der Waals surface area contributed by atoms with E-state index in [-0.39, 0.29) is 17.9 Å². The summed E-state index contributed by atoms with van der Waals surface area (Å²) >= 11 is 0. The quantitative estimate of drug-likeness (QED) is 0.548. The van der Waals surface area contributed by atoms with Crippen LogP contribution in [0.3, 0.4) is 0 Å². The molecule has 0 fully saturated rings. The van der Waals surface area contributed by atoms with Crippen LogP contribution in [0.5, 0.6) is 0 Å². The van der Waals surface area contributed by atoms with Crippen LogP contribution < -0.4 is 0 Å². The lowest BCUT2D eigenvalue weighted by Gasteiger charge is -2.22. The maximum atomic E-state index is 9.77. The number of aliphatic hydroxyl groups is 1. The summed E-state index contributed by atoms with van der Waals surface area (Å²) in [7, 11) is 0. The second-order valence-corrected chi connectivity index (χ2v) is 3.85. The first-order chi connectivity index (χ1) is 5.61. The van der Waals surface area contributed by atoms with Crippen molar-refractivity contribution in [1.82, 2.24) is 0 Å². The van der Waals surface area contributed by atoms with E-state index in [4.69, 9.17) is 0 Å². The molecule has 1 rings (SSSR count). The van der Waals surface area contributed by atoms with Crippen molar-refractivity contribution in [3.05, 3.63) is 23.8 Å². The lowest BCUT2D eigenvalue weighted by Crippen LogP contribution is -2.23. The average Bonchev–Trinajstić information content (AvgIpc) is 2.01. The molecule has 0 radical (unpaired) electrons. The molecule has 3 atom stereocenters. The standard InChI is InChI=1S/C11H18O/c1-8-5-4-6-9(2)11(12)10(3)7-8/h4,6-7,9-12H,5H2,1-3H3. The van der Waals surface area contributed by atoms with Gasteiger partial charge in [-0.2, -0.15) is 0 Å². The normalized spacial score (nSPS) is 37.0. The molecule has 1 aliphatic carbocycles. The summed E-state index contributed by atoms with van der Waals surface area (Å²) in [4.78, 5) is 0. The van der Waals surface area contributed by atoms with Gasteiger partial charge in [-0.15, -0.1) is 0 Å². The highest BCUT2D eigenvalue weighted by Crippen LogP contribution is 2.21. The Morgan fingerprint density at radius 1 is 1.33 bits per heavy atom. The van der Waals surface area contributed by atoms with Gasteiger partial charge in [0.1, 0.15) is 0 Å². The van der Waals surface area contributed by atoms with Crippen molar-refractivity contribution in [1.29, 1.82) is 0 Å². The van der Waals surface area contributed by atoms with Gasteiger partial charge >= 0.3 is 0 Å². The third-order valence-electron chi connectivity index (χ3n) is 2.50. The van der Waals surface area contributed by atoms with E-state index in [1.54, 1.807) is 0 Å². The molecule has 1 N–H and O–H groups in total. The Morgan fingerprint density at radius 2 is 2.00 bits per heavy atom. The van der Waals surface area contributed by atoms with Crippen molar-refractivity contribution in [3.63, 3.8) is 0 Å². The number of aliphatic hydroxyl groups excluding tert-OH is 1. The van der Waals surface area contributed by atoms with E-state index in [0.29, 0.717) is 0 Å². The van der Waals surface area contributed by atoms with E-state index >= 15 is 0 Å². The highest BCUT2D eigenvalue weighted by molar-refractivity contribution is 5.11. The van der Waals surface area contributed by atoms with Crippen molar-refractivity contribution >= 4 is 0 Å². The maximum Gasteiger partial charge on any atom is 0.0660 e. The molecule has 1 heteroatoms. The average molecular weight is 166 g/mol. The van der Waals surface area contributed by atoms with Gasteiger partial charge in [0.2, 0.25) is 0 Å². The first-order valence-electron chi connectivity index (χ1n) is 4.63. The Labute approximate surface area is 74.8 Å². The lowest BCUT2D eigenvalue weighted by atomic mass is 9.89. The van der Waals surface area contributed by atoms with Gasteiger partial charge in [0.15, 0.2) is 0 Å². The fraction of sp³-hybridized carbons (Fsp3) is 0.636. The van der Waals surface area contributed by atoms with Crippen LogP contribution in [0, 0.1) is 11.8 Å². The second kappa shape index (κ2) is 3.90. The fourth-order valence-electron chi connectivity index (χ4n) is 1.68. The zero-order valence-electron chi connectivity index (χ0n) is 8.12. The molecule has 0 bridgehead atoms. The van der Waals surface area contributed by atoms with Gasteiger partial charge in [-0.3, -0.25) is 0 Å². The van der Waals surface area contributed by atoms with E-state index in [9.17, 15) is 5.11 Å². The van der Waals surface area contributed by atoms with Crippen molar-refractivity contribution in [3.8, 4) is 0 Å². The Kier molecular flexibility index (Phi) is 3.10. The van der Waals surface area contributed by atoms with Crippen LogP contribution in [-0.2, 0) is 0 Å². The zero-order chi connectivity index (χ0) is 9.14. The van der Waals surface area contributed by atoms with Gasteiger partial charge in [0.25, 0.3) is 0 Å². The molecule has 1 aliphatic rings. The number of hydrogen-bond donors (Lipinski definition) is 1. The van der Waals surface area contributed by atoms with Crippen LogP contribution in [0.15, 0.2) is 23.8 Å². The Bertz CT molecular complexity index is 203. The Morgan fingerprint density at radius 3 is 2.67 bits per heavy atom. The van der Waals surface area contributed by atoms with E-state index in [2.05, 4.69) is 39.0 Å². The minimum Gasteiger partial charge on any atom is -0.392 e. The monoisotopic (exact) mass is 166 g/mol. The third-order valence-corrected chi connectivity index (χ3v) is 2.50. The van der Waals surface area contributed by atoms with Crippen molar-refractivity contribution in [2.45, 2.75) is 33.3 Å². The molecule has 0 saturated heterocycles. The number of hydrogen-bond acceptors (Lipinski definition) is 1. The van der Waals surface area contributed by atoms with Crippen LogP contribution in [0.2, 0.25) is 0 Å². The lowest BCUT2D eigenvalue weighted by molar-refractivity contribution is 0.102. The van der Waals surface area contributed by atoms with Crippen molar-refractivity contribution in [2.24, 2.45) is 11.8 Å². The zero-order valence-corrected chi connectivity index (χ0v) is 8.12. The summed E-state index contributed by atoms with van der Waals surface area (Å²) in [5, 5.41) is 9.77. The van der Waals surface area contributed by atoms with Gasteiger partial charge < -0.3 is 5.11 Å². The highest BCUT2D eigenvalue weighted by Gasteiger charge is 2.18. The SMILES string of the molecule is CC1=CC(C)C(O)C(C)C=CC1. The van der Waals surface area contributed by atoms with Crippen LogP contribution in [0.1, 0.15) is 27.2 Å². The molecule has 1 nitrogen and oxygen atoms in total. The number of allylic oxidation sites excluding steroid dienone is 2. The van der Waals surface area contributed by atoms with Crippen molar-refractivity contribution < 1.29 is 5.11 Å². The van der Waals surface area contributed by atoms with Crippen LogP contribution in [-0.4, -0.2) is 11.2 Å². The molecule has 0 aromatic carbocycles. The van der Waals surface area contributed by atoms with Crippen LogP contribution >= 0.6 is 0 Å². The Hall–Kier alpha value is -0.560. The summed E-state index contributed by atoms with van der Waals surface area (Å²) in [6, 6.07) is 0. The molecule has 12 heavy (non-hydrogen) atoms. The van der Waals surface area contributed by atoms with Gasteiger partial charge in [-0.1, -0.05) is 37.6 Å². The van der Waals surface area contributed by atoms with E-state index in [0.717, 1.165) is 6.42 Å². The van der Waals surface area contributed by atoms with Gasteiger partial charge in [0, 0.05) is 11.8 Å². The molecule has 0 spiro atoms. The van der Waals surface area contributed by atoms with Crippen LogP contribution in [0.25, 0.3) is 0 Å². The summed E-state index contributed by atoms with van der Waals surface area (Å²) in [5.41, 5.74) is 1.35. The molecule has 0 aromatic heterocycles. The van der Waals surface area contributed by atoms with E-state index in [1.807, 2.05) is 0 Å². The summed E-state index contributed by atoms with van der Waals surface area (Å²) in [6.07, 6.45) is 7.23. The van der Waals surface area contributed by atoms with Gasteiger partial charge in [-0.25, -0.2) is 0 Å². The van der Waals surface area contributed by atoms with E-state index < -0.39 is 0 Å². The molecule has 68 valence electrons. The molecule has 0 saturated carbocycles. The molecule has 0 amide bonds. The molecular weight excluding hydrogens is 148 g/mol.